The first-order chi connectivity index (χ1) is 19.7. The molecule has 1 aliphatic rings. The number of amides is 4. The van der Waals surface area contributed by atoms with Crippen molar-refractivity contribution in [3.63, 3.8) is 0 Å². The Balaban J connectivity index is 1.71. The van der Waals surface area contributed by atoms with Gasteiger partial charge in [0.25, 0.3) is 0 Å². The summed E-state index contributed by atoms with van der Waals surface area (Å²) in [5, 5.41) is 11.4. The Hall–Kier alpha value is -4.14. The van der Waals surface area contributed by atoms with Crippen molar-refractivity contribution in [2.45, 2.75) is 71.2 Å². The molecule has 9 nitrogen and oxygen atoms in total. The van der Waals surface area contributed by atoms with Crippen LogP contribution in [0, 0.1) is 11.8 Å². The average molecular weight is 563 g/mol. The number of rotatable bonds is 14. The van der Waals surface area contributed by atoms with Crippen LogP contribution in [0.1, 0.15) is 51.2 Å². The SMILES string of the molecule is C/C=C/C(CC1CCNC1=O)NC(=O)C(Cc1ccccc1)NC(=O)C(CC(C)C)NC(=O)OCc1ccccc1. The van der Waals surface area contributed by atoms with Crippen molar-refractivity contribution in [2.75, 3.05) is 6.54 Å². The quantitative estimate of drug-likeness (QED) is 0.262. The maximum atomic E-state index is 13.6. The number of hydrogen-bond donors (Lipinski definition) is 4. The Labute approximate surface area is 242 Å². The maximum Gasteiger partial charge on any atom is 0.408 e. The minimum absolute atomic E-state index is 0.00959. The summed E-state index contributed by atoms with van der Waals surface area (Å²) in [5.41, 5.74) is 1.71. The molecular formula is C32H42N4O5. The number of hydrogen-bond acceptors (Lipinski definition) is 5. The zero-order chi connectivity index (χ0) is 29.6. The summed E-state index contributed by atoms with van der Waals surface area (Å²) in [6.45, 7) is 6.46. The predicted molar refractivity (Wildman–Crippen MR) is 158 cm³/mol. The molecule has 41 heavy (non-hydrogen) atoms. The van der Waals surface area contributed by atoms with Gasteiger partial charge in [-0.1, -0.05) is 86.7 Å². The molecule has 1 aliphatic heterocycles. The van der Waals surface area contributed by atoms with Crippen LogP contribution in [0.2, 0.25) is 0 Å². The lowest BCUT2D eigenvalue weighted by Gasteiger charge is -2.26. The third kappa shape index (κ3) is 10.7. The zero-order valence-corrected chi connectivity index (χ0v) is 24.1. The van der Waals surface area contributed by atoms with Gasteiger partial charge < -0.3 is 26.0 Å². The van der Waals surface area contributed by atoms with Gasteiger partial charge in [-0.3, -0.25) is 14.4 Å². The van der Waals surface area contributed by atoms with Gasteiger partial charge in [-0.05, 0) is 43.2 Å². The Kier molecular flexibility index (Phi) is 12.4. The normalized spacial score (nSPS) is 17.0. The summed E-state index contributed by atoms with van der Waals surface area (Å²) in [7, 11) is 0. The van der Waals surface area contributed by atoms with Crippen molar-refractivity contribution in [1.29, 1.82) is 0 Å². The second kappa shape index (κ2) is 16.2. The fourth-order valence-electron chi connectivity index (χ4n) is 4.82. The van der Waals surface area contributed by atoms with Crippen molar-refractivity contribution in [1.82, 2.24) is 21.3 Å². The first kappa shape index (κ1) is 31.4. The molecule has 0 bridgehead atoms. The van der Waals surface area contributed by atoms with Crippen LogP contribution in [0.15, 0.2) is 72.8 Å². The van der Waals surface area contributed by atoms with E-state index in [0.29, 0.717) is 19.4 Å². The van der Waals surface area contributed by atoms with E-state index in [2.05, 4.69) is 21.3 Å². The smallest absolute Gasteiger partial charge is 0.408 e. The largest absolute Gasteiger partial charge is 0.445 e. The van der Waals surface area contributed by atoms with E-state index in [1.54, 1.807) is 0 Å². The van der Waals surface area contributed by atoms with E-state index in [9.17, 15) is 19.2 Å². The topological polar surface area (TPSA) is 126 Å². The van der Waals surface area contributed by atoms with Crippen LogP contribution in [0.4, 0.5) is 4.79 Å². The maximum absolute atomic E-state index is 13.6. The average Bonchev–Trinajstić information content (AvgIpc) is 3.36. The number of nitrogens with one attached hydrogen (secondary N) is 4. The summed E-state index contributed by atoms with van der Waals surface area (Å²) in [4.78, 5) is 51.8. The molecule has 0 saturated carbocycles. The fraction of sp³-hybridized carbons (Fsp3) is 0.438. The molecule has 4 amide bonds. The molecule has 0 radical (unpaired) electrons. The van der Waals surface area contributed by atoms with Gasteiger partial charge in [0.05, 0.1) is 0 Å². The fourth-order valence-corrected chi connectivity index (χ4v) is 4.82. The summed E-state index contributed by atoms with van der Waals surface area (Å²) < 4.78 is 5.34. The third-order valence-electron chi connectivity index (χ3n) is 6.90. The lowest BCUT2D eigenvalue weighted by molar-refractivity contribution is -0.130. The number of ether oxygens (including phenoxy) is 1. The number of benzene rings is 2. The number of allylic oxidation sites excluding steroid dienone is 1. The van der Waals surface area contributed by atoms with Crippen molar-refractivity contribution in [3.8, 4) is 0 Å². The molecule has 1 saturated heterocycles. The van der Waals surface area contributed by atoms with Crippen molar-refractivity contribution in [3.05, 3.63) is 83.9 Å². The van der Waals surface area contributed by atoms with Gasteiger partial charge in [-0.2, -0.15) is 0 Å². The lowest BCUT2D eigenvalue weighted by Crippen LogP contribution is -2.56. The summed E-state index contributed by atoms with van der Waals surface area (Å²) in [6, 6.07) is 16.5. The van der Waals surface area contributed by atoms with Crippen LogP contribution in [-0.4, -0.2) is 48.5 Å². The number of alkyl carbamates (subject to hydrolysis) is 1. The Morgan fingerprint density at radius 1 is 0.927 bits per heavy atom. The molecule has 1 fully saturated rings. The van der Waals surface area contributed by atoms with E-state index < -0.39 is 24.1 Å². The van der Waals surface area contributed by atoms with Crippen LogP contribution >= 0.6 is 0 Å². The third-order valence-corrected chi connectivity index (χ3v) is 6.90. The number of carbonyl (C=O) groups is 4. The van der Waals surface area contributed by atoms with Crippen molar-refractivity contribution >= 4 is 23.8 Å². The highest BCUT2D eigenvalue weighted by molar-refractivity contribution is 5.91. The van der Waals surface area contributed by atoms with Crippen LogP contribution < -0.4 is 21.3 Å². The highest BCUT2D eigenvalue weighted by Crippen LogP contribution is 2.17. The first-order valence-corrected chi connectivity index (χ1v) is 14.3. The van der Waals surface area contributed by atoms with Crippen LogP contribution in [0.25, 0.3) is 0 Å². The van der Waals surface area contributed by atoms with Gasteiger partial charge >= 0.3 is 6.09 Å². The molecule has 0 aromatic heterocycles. The van der Waals surface area contributed by atoms with E-state index in [-0.39, 0.29) is 42.7 Å². The second-order valence-corrected chi connectivity index (χ2v) is 10.8. The van der Waals surface area contributed by atoms with Gasteiger partial charge in [-0.25, -0.2) is 4.79 Å². The van der Waals surface area contributed by atoms with E-state index >= 15 is 0 Å². The molecule has 0 spiro atoms. The summed E-state index contributed by atoms with van der Waals surface area (Å²) in [5.74, 6) is -0.925. The molecule has 2 aromatic rings. The van der Waals surface area contributed by atoms with Crippen LogP contribution in [0.3, 0.4) is 0 Å². The van der Waals surface area contributed by atoms with Gasteiger partial charge in [0, 0.05) is 24.9 Å². The minimum Gasteiger partial charge on any atom is -0.445 e. The summed E-state index contributed by atoms with van der Waals surface area (Å²) in [6.07, 6.45) is 4.81. The standard InChI is InChI=1S/C32H42N4O5/c1-4-11-26(20-25-16-17-33-29(25)37)34-30(38)28(19-23-12-7-5-8-13-23)35-31(39)27(18-22(2)3)36-32(40)41-21-24-14-9-6-10-15-24/h4-15,22,25-28H,16-21H2,1-3H3,(H,33,37)(H,34,38)(H,35,39)(H,36,40)/b11-4+. The predicted octanol–water partition coefficient (Wildman–Crippen LogP) is 3.64. The highest BCUT2D eigenvalue weighted by atomic mass is 16.5. The molecule has 4 unspecified atom stereocenters. The zero-order valence-electron chi connectivity index (χ0n) is 24.1. The van der Waals surface area contributed by atoms with Crippen molar-refractivity contribution < 1.29 is 23.9 Å². The molecule has 1 heterocycles. The Bertz CT molecular complexity index is 1170. The minimum atomic E-state index is -0.896. The highest BCUT2D eigenvalue weighted by Gasteiger charge is 2.31. The van der Waals surface area contributed by atoms with E-state index in [1.807, 2.05) is 93.6 Å². The van der Waals surface area contributed by atoms with Crippen molar-refractivity contribution in [2.24, 2.45) is 11.8 Å². The molecule has 9 heteroatoms. The van der Waals surface area contributed by atoms with Crippen LogP contribution in [-0.2, 0) is 32.1 Å². The second-order valence-electron chi connectivity index (χ2n) is 10.8. The monoisotopic (exact) mass is 562 g/mol. The van der Waals surface area contributed by atoms with E-state index in [0.717, 1.165) is 17.5 Å². The van der Waals surface area contributed by atoms with Gasteiger partial charge in [0.15, 0.2) is 0 Å². The molecule has 0 aliphatic carbocycles. The molecule has 220 valence electrons. The van der Waals surface area contributed by atoms with E-state index in [4.69, 9.17) is 4.74 Å². The Morgan fingerprint density at radius 3 is 2.15 bits per heavy atom. The molecule has 4 atom stereocenters. The van der Waals surface area contributed by atoms with Crippen LogP contribution in [0.5, 0.6) is 0 Å². The van der Waals surface area contributed by atoms with Gasteiger partial charge in [-0.15, -0.1) is 0 Å². The Morgan fingerprint density at radius 2 is 1.56 bits per heavy atom. The lowest BCUT2D eigenvalue weighted by atomic mass is 9.97. The molecule has 4 N–H and O–H groups in total. The summed E-state index contributed by atoms with van der Waals surface area (Å²) >= 11 is 0. The molecule has 3 rings (SSSR count). The first-order valence-electron chi connectivity index (χ1n) is 14.3. The van der Waals surface area contributed by atoms with Gasteiger partial charge in [0.1, 0.15) is 18.7 Å². The number of carbonyl (C=O) groups excluding carboxylic acids is 4. The van der Waals surface area contributed by atoms with Gasteiger partial charge in [0.2, 0.25) is 17.7 Å². The molecular weight excluding hydrogens is 520 g/mol. The molecule has 2 aromatic carbocycles. The van der Waals surface area contributed by atoms with E-state index in [1.165, 1.54) is 0 Å².